The van der Waals surface area contributed by atoms with Crippen molar-refractivity contribution in [3.05, 3.63) is 54.2 Å². The number of aromatic nitrogens is 4. The summed E-state index contributed by atoms with van der Waals surface area (Å²) in [6, 6.07) is 10.3. The van der Waals surface area contributed by atoms with Gasteiger partial charge >= 0.3 is 6.18 Å². The van der Waals surface area contributed by atoms with Crippen LogP contribution in [0.25, 0.3) is 28.1 Å². The summed E-state index contributed by atoms with van der Waals surface area (Å²) in [5.41, 5.74) is 7.65. The van der Waals surface area contributed by atoms with Gasteiger partial charge in [0.1, 0.15) is 17.5 Å². The number of likely N-dealkylation sites (tertiary alicyclic amines) is 1. The van der Waals surface area contributed by atoms with E-state index in [-0.39, 0.29) is 18.2 Å². The standard InChI is InChI=1S/C23H23F3N6O/c1-2-33-17-6-3-14-4-7-18(28-19(14)11-17)22-30-29-20-8-5-15(12-32(20)22)21(23(24,25)26)31-10-9-16(27)13-31/h3-8,11-12,16,21H,2,9-10,13,27H2,1H3. The highest BCUT2D eigenvalue weighted by Crippen LogP contribution is 2.39. The van der Waals surface area contributed by atoms with Gasteiger partial charge in [0.05, 0.1) is 12.1 Å². The molecular formula is C23H23F3N6O. The second kappa shape index (κ2) is 8.27. The molecule has 5 rings (SSSR count). The highest BCUT2D eigenvalue weighted by Gasteiger charge is 2.46. The van der Waals surface area contributed by atoms with Crippen molar-refractivity contribution in [3.8, 4) is 17.3 Å². The molecule has 1 aromatic carbocycles. The highest BCUT2D eigenvalue weighted by atomic mass is 19.4. The zero-order valence-corrected chi connectivity index (χ0v) is 18.0. The number of nitrogens with two attached hydrogens (primary N) is 1. The summed E-state index contributed by atoms with van der Waals surface area (Å²) in [5.74, 6) is 1.06. The first-order chi connectivity index (χ1) is 15.8. The zero-order valence-electron chi connectivity index (χ0n) is 18.0. The summed E-state index contributed by atoms with van der Waals surface area (Å²) >= 11 is 0. The molecule has 1 fully saturated rings. The van der Waals surface area contributed by atoms with Gasteiger partial charge in [-0.2, -0.15) is 13.2 Å². The van der Waals surface area contributed by atoms with Gasteiger partial charge in [-0.05, 0) is 43.2 Å². The number of halogens is 3. The highest BCUT2D eigenvalue weighted by molar-refractivity contribution is 5.82. The molecule has 1 aliphatic rings. The van der Waals surface area contributed by atoms with E-state index in [1.54, 1.807) is 16.5 Å². The fourth-order valence-corrected chi connectivity index (χ4v) is 4.38. The molecule has 172 valence electrons. The monoisotopic (exact) mass is 456 g/mol. The normalized spacial score (nSPS) is 18.3. The van der Waals surface area contributed by atoms with Crippen molar-refractivity contribution in [1.82, 2.24) is 24.5 Å². The summed E-state index contributed by atoms with van der Waals surface area (Å²) < 4.78 is 49.3. The Morgan fingerprint density at radius 2 is 1.97 bits per heavy atom. The smallest absolute Gasteiger partial charge is 0.408 e. The maximum absolute atomic E-state index is 14.1. The predicted molar refractivity (Wildman–Crippen MR) is 118 cm³/mol. The van der Waals surface area contributed by atoms with Crippen molar-refractivity contribution in [2.75, 3.05) is 19.7 Å². The van der Waals surface area contributed by atoms with Crippen molar-refractivity contribution in [1.29, 1.82) is 0 Å². The van der Waals surface area contributed by atoms with Crippen LogP contribution in [0.3, 0.4) is 0 Å². The van der Waals surface area contributed by atoms with Crippen molar-refractivity contribution in [2.24, 2.45) is 5.73 Å². The number of hydrogen-bond acceptors (Lipinski definition) is 6. The van der Waals surface area contributed by atoms with Gasteiger partial charge in [-0.1, -0.05) is 12.1 Å². The molecule has 4 aromatic rings. The van der Waals surface area contributed by atoms with Gasteiger partial charge in [-0.15, -0.1) is 10.2 Å². The van der Waals surface area contributed by atoms with Crippen LogP contribution in [-0.4, -0.2) is 56.4 Å². The van der Waals surface area contributed by atoms with Crippen molar-refractivity contribution < 1.29 is 17.9 Å². The van der Waals surface area contributed by atoms with Crippen LogP contribution in [-0.2, 0) is 0 Å². The first-order valence-electron chi connectivity index (χ1n) is 10.8. The predicted octanol–water partition coefficient (Wildman–Crippen LogP) is 3.98. The van der Waals surface area contributed by atoms with E-state index in [4.69, 9.17) is 10.5 Å². The Bertz CT molecular complexity index is 1300. The van der Waals surface area contributed by atoms with Crippen molar-refractivity contribution in [2.45, 2.75) is 31.6 Å². The number of pyridine rings is 2. The van der Waals surface area contributed by atoms with Gasteiger partial charge < -0.3 is 10.5 Å². The lowest BCUT2D eigenvalue weighted by molar-refractivity contribution is -0.183. The lowest BCUT2D eigenvalue weighted by atomic mass is 10.1. The minimum Gasteiger partial charge on any atom is -0.494 e. The molecule has 3 aromatic heterocycles. The average molecular weight is 456 g/mol. The molecule has 7 nitrogen and oxygen atoms in total. The lowest BCUT2D eigenvalue weighted by Crippen LogP contribution is -2.38. The van der Waals surface area contributed by atoms with Crippen molar-refractivity contribution in [3.63, 3.8) is 0 Å². The Morgan fingerprint density at radius 1 is 1.15 bits per heavy atom. The molecule has 33 heavy (non-hydrogen) atoms. The quantitative estimate of drug-likeness (QED) is 0.489. The third-order valence-electron chi connectivity index (χ3n) is 5.88. The summed E-state index contributed by atoms with van der Waals surface area (Å²) in [7, 11) is 0. The number of nitrogens with zero attached hydrogens (tertiary/aromatic N) is 5. The van der Waals surface area contributed by atoms with Gasteiger partial charge in [0.25, 0.3) is 0 Å². The number of alkyl halides is 3. The molecule has 0 saturated carbocycles. The molecule has 4 heterocycles. The van der Waals surface area contributed by atoms with Gasteiger partial charge in [-0.3, -0.25) is 9.30 Å². The summed E-state index contributed by atoms with van der Waals surface area (Å²) in [5, 5.41) is 9.25. The third-order valence-corrected chi connectivity index (χ3v) is 5.88. The number of hydrogen-bond donors (Lipinski definition) is 1. The zero-order chi connectivity index (χ0) is 23.2. The van der Waals surface area contributed by atoms with Gasteiger partial charge in [0, 0.05) is 36.8 Å². The molecule has 0 bridgehead atoms. The number of ether oxygens (including phenoxy) is 1. The summed E-state index contributed by atoms with van der Waals surface area (Å²) in [6.45, 7) is 2.93. The molecule has 0 spiro atoms. The minimum absolute atomic E-state index is 0.115. The number of benzene rings is 1. The first kappa shape index (κ1) is 21.6. The van der Waals surface area contributed by atoms with Crippen LogP contribution < -0.4 is 10.5 Å². The van der Waals surface area contributed by atoms with E-state index in [0.29, 0.717) is 48.0 Å². The topological polar surface area (TPSA) is 81.6 Å². The molecule has 1 aliphatic heterocycles. The summed E-state index contributed by atoms with van der Waals surface area (Å²) in [6.07, 6.45) is -2.45. The number of fused-ring (bicyclic) bond motifs is 2. The van der Waals surface area contributed by atoms with E-state index in [9.17, 15) is 13.2 Å². The minimum atomic E-state index is -4.44. The Balaban J connectivity index is 1.58. The van der Waals surface area contributed by atoms with Gasteiger partial charge in [0.15, 0.2) is 11.5 Å². The largest absolute Gasteiger partial charge is 0.494 e. The van der Waals surface area contributed by atoms with Crippen LogP contribution in [0, 0.1) is 0 Å². The average Bonchev–Trinajstić information content (AvgIpc) is 3.38. The van der Waals surface area contributed by atoms with Crippen LogP contribution in [0.15, 0.2) is 48.7 Å². The molecule has 2 N–H and O–H groups in total. The SMILES string of the molecule is CCOc1ccc2ccc(-c3nnc4ccc(C(N5CCC(N)C5)C(F)(F)F)cn34)nc2c1. The second-order valence-electron chi connectivity index (χ2n) is 8.19. The van der Waals surface area contributed by atoms with Crippen LogP contribution >= 0.6 is 0 Å². The summed E-state index contributed by atoms with van der Waals surface area (Å²) in [4.78, 5) is 6.06. The van der Waals surface area contributed by atoms with Crippen molar-refractivity contribution >= 4 is 16.6 Å². The van der Waals surface area contributed by atoms with E-state index >= 15 is 0 Å². The molecule has 10 heteroatoms. The third kappa shape index (κ3) is 4.11. The van der Waals surface area contributed by atoms with E-state index < -0.39 is 12.2 Å². The second-order valence-corrected chi connectivity index (χ2v) is 8.19. The number of rotatable bonds is 5. The molecule has 2 unspecified atom stereocenters. The van der Waals surface area contributed by atoms with E-state index in [1.165, 1.54) is 17.2 Å². The van der Waals surface area contributed by atoms with E-state index in [2.05, 4.69) is 15.2 Å². The van der Waals surface area contributed by atoms with Crippen LogP contribution in [0.2, 0.25) is 0 Å². The molecule has 2 atom stereocenters. The fourth-order valence-electron chi connectivity index (χ4n) is 4.38. The van der Waals surface area contributed by atoms with Crippen LogP contribution in [0.1, 0.15) is 24.9 Å². The maximum Gasteiger partial charge on any atom is 0.408 e. The molecule has 0 amide bonds. The molecular weight excluding hydrogens is 433 g/mol. The fraction of sp³-hybridized carbons (Fsp3) is 0.348. The molecule has 0 aliphatic carbocycles. The Hall–Kier alpha value is -3.24. The maximum atomic E-state index is 14.1. The first-order valence-corrected chi connectivity index (χ1v) is 10.8. The Labute approximate surface area is 188 Å². The van der Waals surface area contributed by atoms with E-state index in [1.807, 2.05) is 31.2 Å². The lowest BCUT2D eigenvalue weighted by Gasteiger charge is -2.30. The molecule has 1 saturated heterocycles. The van der Waals surface area contributed by atoms with Crippen LogP contribution in [0.5, 0.6) is 5.75 Å². The molecule has 0 radical (unpaired) electrons. The van der Waals surface area contributed by atoms with E-state index in [0.717, 1.165) is 5.39 Å². The Kier molecular flexibility index (Phi) is 5.41. The van der Waals surface area contributed by atoms with Gasteiger partial charge in [-0.25, -0.2) is 4.98 Å². The Morgan fingerprint density at radius 3 is 2.70 bits per heavy atom. The van der Waals surface area contributed by atoms with Gasteiger partial charge in [0.2, 0.25) is 0 Å². The van der Waals surface area contributed by atoms with Crippen LogP contribution in [0.4, 0.5) is 13.2 Å².